The molecule has 0 aliphatic carbocycles. The van der Waals surface area contributed by atoms with E-state index in [9.17, 15) is 14.4 Å². The topological polar surface area (TPSA) is 95.5 Å². The normalized spacial score (nSPS) is 12.0. The second-order valence-corrected chi connectivity index (χ2v) is 6.66. The lowest BCUT2D eigenvalue weighted by molar-refractivity contribution is -0.142. The van der Waals surface area contributed by atoms with Crippen molar-refractivity contribution in [1.82, 2.24) is 10.6 Å². The molecule has 0 aromatic heterocycles. The highest BCUT2D eigenvalue weighted by Crippen LogP contribution is 2.15. The van der Waals surface area contributed by atoms with Crippen LogP contribution in [0.25, 0.3) is 10.8 Å². The van der Waals surface area contributed by atoms with Crippen LogP contribution in [0.15, 0.2) is 42.5 Å². The minimum Gasteiger partial charge on any atom is -0.480 e. The van der Waals surface area contributed by atoms with E-state index in [1.807, 2.05) is 44.2 Å². The Kier molecular flexibility index (Phi) is 6.72. The molecule has 0 spiro atoms. The van der Waals surface area contributed by atoms with Crippen LogP contribution in [0.5, 0.6) is 0 Å². The van der Waals surface area contributed by atoms with E-state index >= 15 is 0 Å². The summed E-state index contributed by atoms with van der Waals surface area (Å²) in [7, 11) is 0. The number of carboxylic acid groups (broad SMARTS) is 1. The molecule has 3 N–H and O–H groups in total. The zero-order chi connectivity index (χ0) is 19.1. The number of nitrogens with one attached hydrogen (secondary N) is 2. The fourth-order valence-corrected chi connectivity index (χ4v) is 2.68. The Hall–Kier alpha value is -2.89. The highest BCUT2D eigenvalue weighted by Gasteiger charge is 2.20. The maximum atomic E-state index is 12.2. The number of hydrogen-bond donors (Lipinski definition) is 3. The minimum atomic E-state index is -1.05. The van der Waals surface area contributed by atoms with E-state index in [4.69, 9.17) is 5.11 Å². The van der Waals surface area contributed by atoms with Gasteiger partial charge in [0.25, 0.3) is 5.91 Å². The van der Waals surface area contributed by atoms with Gasteiger partial charge in [-0.2, -0.15) is 0 Å². The molecule has 0 aliphatic rings. The maximum Gasteiger partial charge on any atom is 0.326 e. The van der Waals surface area contributed by atoms with Gasteiger partial charge >= 0.3 is 5.97 Å². The second-order valence-electron chi connectivity index (χ2n) is 6.66. The second kappa shape index (κ2) is 8.99. The first kappa shape index (κ1) is 19.4. The predicted octanol–water partition coefficient (Wildman–Crippen LogP) is 2.58. The van der Waals surface area contributed by atoms with Crippen LogP contribution in [-0.2, 0) is 9.59 Å². The molecule has 0 fully saturated rings. The zero-order valence-corrected chi connectivity index (χ0v) is 15.0. The van der Waals surface area contributed by atoms with E-state index in [0.29, 0.717) is 12.0 Å². The van der Waals surface area contributed by atoms with E-state index in [0.717, 1.165) is 10.8 Å². The zero-order valence-electron chi connectivity index (χ0n) is 15.0. The van der Waals surface area contributed by atoms with Gasteiger partial charge in [0.2, 0.25) is 5.91 Å². The summed E-state index contributed by atoms with van der Waals surface area (Å²) in [6.45, 7) is 3.93. The number of benzene rings is 2. The number of carboxylic acids is 1. The molecule has 138 valence electrons. The van der Waals surface area contributed by atoms with Gasteiger partial charge in [0.15, 0.2) is 0 Å². The molecule has 2 aromatic carbocycles. The van der Waals surface area contributed by atoms with Crippen molar-refractivity contribution < 1.29 is 19.5 Å². The highest BCUT2D eigenvalue weighted by molar-refractivity contribution is 5.98. The molecule has 0 radical (unpaired) electrons. The molecule has 0 bridgehead atoms. The molecule has 1 unspecified atom stereocenters. The molecule has 6 heteroatoms. The third-order valence-electron chi connectivity index (χ3n) is 3.99. The lowest BCUT2D eigenvalue weighted by atomic mass is 10.0. The summed E-state index contributed by atoms with van der Waals surface area (Å²) in [6, 6.07) is 12.3. The van der Waals surface area contributed by atoms with E-state index in [2.05, 4.69) is 10.6 Å². The number of carbonyl (C=O) groups is 3. The molecule has 2 rings (SSSR count). The molecule has 0 saturated carbocycles. The molecule has 0 saturated heterocycles. The van der Waals surface area contributed by atoms with Crippen molar-refractivity contribution in [3.63, 3.8) is 0 Å². The first-order chi connectivity index (χ1) is 12.4. The van der Waals surface area contributed by atoms with Crippen LogP contribution >= 0.6 is 0 Å². The van der Waals surface area contributed by atoms with E-state index in [1.54, 1.807) is 12.1 Å². The van der Waals surface area contributed by atoms with Crippen molar-refractivity contribution in [2.75, 3.05) is 6.54 Å². The fourth-order valence-electron chi connectivity index (χ4n) is 2.68. The molecule has 2 amide bonds. The van der Waals surface area contributed by atoms with Crippen LogP contribution < -0.4 is 10.6 Å². The van der Waals surface area contributed by atoms with Gasteiger partial charge in [-0.25, -0.2) is 4.79 Å². The Balaban J connectivity index is 1.84. The first-order valence-electron chi connectivity index (χ1n) is 8.66. The lowest BCUT2D eigenvalue weighted by Gasteiger charge is -2.16. The van der Waals surface area contributed by atoms with Crippen molar-refractivity contribution in [1.29, 1.82) is 0 Å². The molecule has 26 heavy (non-hydrogen) atoms. The van der Waals surface area contributed by atoms with Crippen molar-refractivity contribution in [3.05, 3.63) is 48.0 Å². The number of fused-ring (bicyclic) bond motifs is 1. The average molecular weight is 356 g/mol. The Morgan fingerprint density at radius 3 is 2.38 bits per heavy atom. The van der Waals surface area contributed by atoms with Crippen molar-refractivity contribution in [2.24, 2.45) is 5.92 Å². The van der Waals surface area contributed by atoms with Gasteiger partial charge in [-0.3, -0.25) is 9.59 Å². The van der Waals surface area contributed by atoms with Gasteiger partial charge in [0, 0.05) is 18.5 Å². The van der Waals surface area contributed by atoms with Crippen LogP contribution in [0.1, 0.15) is 37.0 Å². The molecule has 1 atom stereocenters. The van der Waals surface area contributed by atoms with Gasteiger partial charge in [-0.1, -0.05) is 44.2 Å². The molecule has 2 aromatic rings. The summed E-state index contributed by atoms with van der Waals surface area (Å²) < 4.78 is 0. The van der Waals surface area contributed by atoms with Gasteiger partial charge in [0.1, 0.15) is 6.04 Å². The SMILES string of the molecule is CC(C)CC(NC(=O)CCNC(=O)c1ccc2ccccc2c1)C(=O)O. The summed E-state index contributed by atoms with van der Waals surface area (Å²) in [4.78, 5) is 35.3. The van der Waals surface area contributed by atoms with Crippen LogP contribution in [0.4, 0.5) is 0 Å². The third kappa shape index (κ3) is 5.58. The fraction of sp³-hybridized carbons (Fsp3) is 0.350. The first-order valence-corrected chi connectivity index (χ1v) is 8.66. The summed E-state index contributed by atoms with van der Waals surface area (Å²) >= 11 is 0. The van der Waals surface area contributed by atoms with E-state index in [1.165, 1.54) is 0 Å². The van der Waals surface area contributed by atoms with Crippen LogP contribution in [0.2, 0.25) is 0 Å². The van der Waals surface area contributed by atoms with Crippen molar-refractivity contribution in [2.45, 2.75) is 32.7 Å². The van der Waals surface area contributed by atoms with E-state index < -0.39 is 17.9 Å². The summed E-state index contributed by atoms with van der Waals surface area (Å²) in [6.07, 6.45) is 0.395. The predicted molar refractivity (Wildman–Crippen MR) is 99.9 cm³/mol. The highest BCUT2D eigenvalue weighted by atomic mass is 16.4. The number of carbonyl (C=O) groups excluding carboxylic acids is 2. The van der Waals surface area contributed by atoms with Crippen LogP contribution in [0, 0.1) is 5.92 Å². The van der Waals surface area contributed by atoms with Crippen LogP contribution in [0.3, 0.4) is 0 Å². The lowest BCUT2D eigenvalue weighted by Crippen LogP contribution is -2.42. The molecule has 6 nitrogen and oxygen atoms in total. The van der Waals surface area contributed by atoms with Gasteiger partial charge in [-0.15, -0.1) is 0 Å². The number of aliphatic carboxylic acids is 1. The monoisotopic (exact) mass is 356 g/mol. The quantitative estimate of drug-likeness (QED) is 0.677. The van der Waals surface area contributed by atoms with Crippen LogP contribution in [-0.4, -0.2) is 35.5 Å². The smallest absolute Gasteiger partial charge is 0.326 e. The summed E-state index contributed by atoms with van der Waals surface area (Å²) in [5.74, 6) is -1.55. The third-order valence-corrected chi connectivity index (χ3v) is 3.99. The van der Waals surface area contributed by atoms with Gasteiger partial charge < -0.3 is 15.7 Å². The Labute approximate surface area is 152 Å². The Bertz CT molecular complexity index is 801. The van der Waals surface area contributed by atoms with Crippen molar-refractivity contribution >= 4 is 28.6 Å². The molecule has 0 heterocycles. The van der Waals surface area contributed by atoms with Gasteiger partial charge in [0.05, 0.1) is 0 Å². The molecular weight excluding hydrogens is 332 g/mol. The standard InChI is InChI=1S/C20H24N2O4/c1-13(2)11-17(20(25)26)22-18(23)9-10-21-19(24)16-8-7-14-5-3-4-6-15(14)12-16/h3-8,12-13,17H,9-11H2,1-2H3,(H,21,24)(H,22,23)(H,25,26). The van der Waals surface area contributed by atoms with Crippen molar-refractivity contribution in [3.8, 4) is 0 Å². The summed E-state index contributed by atoms with van der Waals surface area (Å²) in [5, 5.41) is 16.3. The maximum absolute atomic E-state index is 12.2. The molecular formula is C20H24N2O4. The largest absolute Gasteiger partial charge is 0.480 e. The number of rotatable bonds is 8. The van der Waals surface area contributed by atoms with E-state index in [-0.39, 0.29) is 24.8 Å². The van der Waals surface area contributed by atoms with Gasteiger partial charge in [-0.05, 0) is 35.2 Å². The number of hydrogen-bond acceptors (Lipinski definition) is 3. The Morgan fingerprint density at radius 1 is 1.04 bits per heavy atom. The number of amides is 2. The Morgan fingerprint density at radius 2 is 1.73 bits per heavy atom. The average Bonchev–Trinajstić information content (AvgIpc) is 2.60. The summed E-state index contributed by atoms with van der Waals surface area (Å²) in [5.41, 5.74) is 0.521. The molecule has 0 aliphatic heterocycles. The minimum absolute atomic E-state index is 0.0290.